The van der Waals surface area contributed by atoms with Gasteiger partial charge in [0.1, 0.15) is 5.75 Å². The first-order valence-corrected chi connectivity index (χ1v) is 5.40. The van der Waals surface area contributed by atoms with Gasteiger partial charge in [-0.15, -0.1) is 6.58 Å². The lowest BCUT2D eigenvalue weighted by Crippen LogP contribution is -2.24. The third-order valence-corrected chi connectivity index (χ3v) is 2.30. The molecule has 1 aromatic rings. The van der Waals surface area contributed by atoms with Gasteiger partial charge in [0.2, 0.25) is 0 Å². The molecule has 0 fully saturated rings. The number of benzene rings is 1. The van der Waals surface area contributed by atoms with E-state index in [9.17, 15) is 9.90 Å². The van der Waals surface area contributed by atoms with Gasteiger partial charge in [0, 0.05) is 17.7 Å². The fourth-order valence-electron chi connectivity index (χ4n) is 1.56. The van der Waals surface area contributed by atoms with Crippen molar-refractivity contribution in [3.63, 3.8) is 0 Å². The summed E-state index contributed by atoms with van der Waals surface area (Å²) in [5, 5.41) is 12.4. The highest BCUT2D eigenvalue weighted by molar-refractivity contribution is 5.96. The van der Waals surface area contributed by atoms with Gasteiger partial charge in [-0.05, 0) is 18.6 Å². The van der Waals surface area contributed by atoms with Crippen LogP contribution < -0.4 is 5.32 Å². The Bertz CT molecular complexity index is 386. The molecule has 0 spiro atoms. The summed E-state index contributed by atoms with van der Waals surface area (Å²) < 4.78 is 0. The van der Waals surface area contributed by atoms with E-state index in [0.717, 1.165) is 6.42 Å². The average molecular weight is 219 g/mol. The first-order valence-electron chi connectivity index (χ1n) is 5.40. The van der Waals surface area contributed by atoms with Crippen LogP contribution in [0.5, 0.6) is 5.75 Å². The lowest BCUT2D eigenvalue weighted by atomic mass is 10.0. The largest absolute Gasteiger partial charge is 0.508 e. The van der Waals surface area contributed by atoms with E-state index in [4.69, 9.17) is 0 Å². The number of carbonyl (C=O) groups excluding carboxylic acids is 1. The molecule has 0 heterocycles. The fraction of sp³-hybridized carbons (Fsp3) is 0.308. The zero-order valence-electron chi connectivity index (χ0n) is 9.49. The Morgan fingerprint density at radius 1 is 1.56 bits per heavy atom. The van der Waals surface area contributed by atoms with Crippen LogP contribution in [0.25, 0.3) is 0 Å². The molecule has 0 aliphatic rings. The molecule has 1 aromatic carbocycles. The zero-order valence-corrected chi connectivity index (χ0v) is 9.49. The predicted octanol–water partition coefficient (Wildman–Crippen LogP) is 2.26. The smallest absolute Gasteiger partial charge is 0.251 e. The molecule has 3 heteroatoms. The molecule has 0 bridgehead atoms. The number of carbonyl (C=O) groups is 1. The van der Waals surface area contributed by atoms with Gasteiger partial charge >= 0.3 is 0 Å². The summed E-state index contributed by atoms with van der Waals surface area (Å²) in [6, 6.07) is 5.01. The normalized spacial score (nSPS) is 9.81. The Kier molecular flexibility index (Phi) is 4.58. The van der Waals surface area contributed by atoms with E-state index in [1.807, 2.05) is 6.92 Å². The Hall–Kier alpha value is -1.77. The molecule has 0 atom stereocenters. The van der Waals surface area contributed by atoms with Crippen molar-refractivity contribution >= 4 is 5.91 Å². The molecule has 0 aromatic heterocycles. The van der Waals surface area contributed by atoms with Crippen LogP contribution in [0, 0.1) is 0 Å². The minimum Gasteiger partial charge on any atom is -0.508 e. The molecule has 3 nitrogen and oxygen atoms in total. The molecule has 16 heavy (non-hydrogen) atoms. The second-order valence-electron chi connectivity index (χ2n) is 3.55. The summed E-state index contributed by atoms with van der Waals surface area (Å²) in [6.07, 6.45) is 3.21. The van der Waals surface area contributed by atoms with E-state index in [1.165, 1.54) is 0 Å². The van der Waals surface area contributed by atoms with Crippen molar-refractivity contribution in [2.45, 2.75) is 19.8 Å². The summed E-state index contributed by atoms with van der Waals surface area (Å²) in [5.74, 6) is 0.0207. The van der Waals surface area contributed by atoms with Gasteiger partial charge in [-0.25, -0.2) is 0 Å². The molecule has 1 amide bonds. The maximum atomic E-state index is 11.8. The van der Waals surface area contributed by atoms with Crippen molar-refractivity contribution < 1.29 is 9.90 Å². The Morgan fingerprint density at radius 3 is 2.94 bits per heavy atom. The van der Waals surface area contributed by atoms with Gasteiger partial charge in [0.15, 0.2) is 0 Å². The molecule has 0 saturated carbocycles. The molecule has 2 N–H and O–H groups in total. The third kappa shape index (κ3) is 2.86. The molecule has 0 radical (unpaired) electrons. The fourth-order valence-corrected chi connectivity index (χ4v) is 1.56. The summed E-state index contributed by atoms with van der Waals surface area (Å²) in [5.41, 5.74) is 1.26. The quantitative estimate of drug-likeness (QED) is 0.746. The van der Waals surface area contributed by atoms with Crippen molar-refractivity contribution in [3.05, 3.63) is 42.0 Å². The number of phenolic OH excluding ortho intramolecular Hbond substituents is 1. The molecule has 0 unspecified atom stereocenters. The highest BCUT2D eigenvalue weighted by atomic mass is 16.3. The van der Waals surface area contributed by atoms with Gasteiger partial charge in [-0.2, -0.15) is 0 Å². The first-order chi connectivity index (χ1) is 7.70. The van der Waals surface area contributed by atoms with E-state index >= 15 is 0 Å². The number of nitrogens with one attached hydrogen (secondary N) is 1. The van der Waals surface area contributed by atoms with Gasteiger partial charge in [-0.1, -0.05) is 25.5 Å². The predicted molar refractivity (Wildman–Crippen MR) is 64.6 cm³/mol. The van der Waals surface area contributed by atoms with Crippen LogP contribution in [0.4, 0.5) is 0 Å². The van der Waals surface area contributed by atoms with Gasteiger partial charge in [0.25, 0.3) is 5.91 Å². The molecular formula is C13H17NO2. The van der Waals surface area contributed by atoms with Gasteiger partial charge in [0.05, 0.1) is 0 Å². The van der Waals surface area contributed by atoms with Crippen molar-refractivity contribution in [2.24, 2.45) is 0 Å². The van der Waals surface area contributed by atoms with Crippen molar-refractivity contribution in [1.29, 1.82) is 0 Å². The zero-order chi connectivity index (χ0) is 12.0. The number of rotatable bonds is 5. The van der Waals surface area contributed by atoms with Crippen molar-refractivity contribution in [3.8, 4) is 5.75 Å². The number of aromatic hydroxyl groups is 1. The summed E-state index contributed by atoms with van der Waals surface area (Å²) in [4.78, 5) is 11.8. The minimum absolute atomic E-state index is 0.167. The number of hydrogen-bond donors (Lipinski definition) is 2. The number of hydrogen-bond acceptors (Lipinski definition) is 2. The maximum Gasteiger partial charge on any atom is 0.251 e. The molecule has 0 saturated heterocycles. The van der Waals surface area contributed by atoms with Crippen molar-refractivity contribution in [1.82, 2.24) is 5.32 Å². The Labute approximate surface area is 95.8 Å². The van der Waals surface area contributed by atoms with Crippen LogP contribution in [0.15, 0.2) is 30.9 Å². The first kappa shape index (κ1) is 12.3. The van der Waals surface area contributed by atoms with Crippen molar-refractivity contribution in [2.75, 3.05) is 6.54 Å². The van der Waals surface area contributed by atoms with E-state index in [0.29, 0.717) is 24.1 Å². The molecule has 86 valence electrons. The van der Waals surface area contributed by atoms with Gasteiger partial charge in [-0.3, -0.25) is 4.79 Å². The summed E-state index contributed by atoms with van der Waals surface area (Å²) in [7, 11) is 0. The number of phenols is 1. The van der Waals surface area contributed by atoms with Crippen LogP contribution in [-0.4, -0.2) is 17.6 Å². The monoisotopic (exact) mass is 219 g/mol. The Morgan fingerprint density at radius 2 is 2.31 bits per heavy atom. The average Bonchev–Trinajstić information content (AvgIpc) is 2.29. The highest BCUT2D eigenvalue weighted by Crippen LogP contribution is 2.22. The maximum absolute atomic E-state index is 11.8. The second kappa shape index (κ2) is 5.95. The van der Waals surface area contributed by atoms with Crippen LogP contribution in [0.1, 0.15) is 29.3 Å². The molecular weight excluding hydrogens is 202 g/mol. The van der Waals surface area contributed by atoms with Crippen LogP contribution in [0.3, 0.4) is 0 Å². The summed E-state index contributed by atoms with van der Waals surface area (Å²) >= 11 is 0. The van der Waals surface area contributed by atoms with Gasteiger partial charge < -0.3 is 10.4 Å². The van der Waals surface area contributed by atoms with Crippen LogP contribution >= 0.6 is 0 Å². The summed E-state index contributed by atoms with van der Waals surface area (Å²) in [6.45, 7) is 5.98. The van der Waals surface area contributed by atoms with Crippen LogP contribution in [0.2, 0.25) is 0 Å². The topological polar surface area (TPSA) is 49.3 Å². The number of amides is 1. The van der Waals surface area contributed by atoms with E-state index in [1.54, 1.807) is 24.3 Å². The standard InChI is InChI=1S/C13H17NO2/c1-3-6-10-11(7-5-8-12(10)15)13(16)14-9-4-2/h4-5,7-8,15H,2-3,6,9H2,1H3,(H,14,16). The van der Waals surface area contributed by atoms with E-state index in [2.05, 4.69) is 11.9 Å². The molecule has 0 aliphatic carbocycles. The van der Waals surface area contributed by atoms with Crippen LogP contribution in [-0.2, 0) is 6.42 Å². The third-order valence-electron chi connectivity index (χ3n) is 2.30. The molecule has 1 rings (SSSR count). The minimum atomic E-state index is -0.167. The van der Waals surface area contributed by atoms with E-state index in [-0.39, 0.29) is 11.7 Å². The SMILES string of the molecule is C=CCNC(=O)c1cccc(O)c1CCC. The Balaban J connectivity index is 2.97. The van der Waals surface area contributed by atoms with E-state index < -0.39 is 0 Å². The molecule has 0 aliphatic heterocycles. The lowest BCUT2D eigenvalue weighted by molar-refractivity contribution is 0.0956. The highest BCUT2D eigenvalue weighted by Gasteiger charge is 2.12. The second-order valence-corrected chi connectivity index (χ2v) is 3.55. The lowest BCUT2D eigenvalue weighted by Gasteiger charge is -2.10.